The first-order valence-corrected chi connectivity index (χ1v) is 5.29. The Kier molecular flexibility index (Phi) is 1.99. The fourth-order valence-corrected chi connectivity index (χ4v) is 1.94. The average Bonchev–Trinajstić information content (AvgIpc) is 2.97. The first kappa shape index (κ1) is 10.3. The van der Waals surface area contributed by atoms with Crippen molar-refractivity contribution in [3.05, 3.63) is 48.0 Å². The lowest BCUT2D eigenvalue weighted by atomic mass is 10.0. The zero-order valence-corrected chi connectivity index (χ0v) is 9.21. The molecule has 0 N–H and O–H groups in total. The number of benzene rings is 2. The van der Waals surface area contributed by atoms with E-state index < -0.39 is 5.92 Å². The summed E-state index contributed by atoms with van der Waals surface area (Å²) in [5, 5.41) is 1.92. The lowest BCUT2D eigenvalue weighted by molar-refractivity contribution is 0.159. The number of rotatable bonds is 2. The minimum atomic E-state index is -2.71. The molecule has 0 unspecified atom stereocenters. The number of hydrogen-bond acceptors (Lipinski definition) is 1. The smallest absolute Gasteiger partial charge is 0.292 e. The zero-order valence-electron chi connectivity index (χ0n) is 9.21. The summed E-state index contributed by atoms with van der Waals surface area (Å²) < 4.78 is 30.9. The number of alkyl halides is 2. The van der Waals surface area contributed by atoms with Crippen molar-refractivity contribution >= 4 is 16.3 Å². The fraction of sp³-hybridized carbons (Fsp3) is 0.143. The number of halogens is 2. The van der Waals surface area contributed by atoms with Gasteiger partial charge in [0.1, 0.15) is 5.75 Å². The van der Waals surface area contributed by atoms with Crippen molar-refractivity contribution in [3.8, 4) is 5.75 Å². The minimum absolute atomic E-state index is 0.121. The van der Waals surface area contributed by atoms with E-state index in [0.29, 0.717) is 5.56 Å². The molecule has 0 aromatic heterocycles. The number of hydrogen-bond donors (Lipinski definition) is 0. The van der Waals surface area contributed by atoms with Crippen molar-refractivity contribution in [2.75, 3.05) is 7.11 Å². The highest BCUT2D eigenvalue weighted by molar-refractivity contribution is 5.92. The number of fused-ring (bicyclic) bond motifs is 1. The highest BCUT2D eigenvalue weighted by Gasteiger charge is 2.45. The van der Waals surface area contributed by atoms with E-state index in [1.807, 2.05) is 24.3 Å². The van der Waals surface area contributed by atoms with E-state index in [0.717, 1.165) is 22.6 Å². The van der Waals surface area contributed by atoms with E-state index in [2.05, 4.69) is 0 Å². The molecular formula is C14H10F2O. The topological polar surface area (TPSA) is 9.23 Å². The van der Waals surface area contributed by atoms with Gasteiger partial charge in [-0.05, 0) is 40.6 Å². The summed E-state index contributed by atoms with van der Waals surface area (Å²) in [5.41, 5.74) is 0.711. The highest BCUT2D eigenvalue weighted by atomic mass is 19.3. The van der Waals surface area contributed by atoms with Crippen LogP contribution in [-0.2, 0) is 0 Å². The van der Waals surface area contributed by atoms with Gasteiger partial charge in [0.2, 0.25) is 0 Å². The van der Waals surface area contributed by atoms with Gasteiger partial charge in [-0.15, -0.1) is 0 Å². The summed E-state index contributed by atoms with van der Waals surface area (Å²) in [5.74, 6) is -1.94. The Morgan fingerprint density at radius 1 is 1.00 bits per heavy atom. The molecule has 3 rings (SSSR count). The van der Waals surface area contributed by atoms with Gasteiger partial charge in [0.05, 0.1) is 7.11 Å². The summed E-state index contributed by atoms with van der Waals surface area (Å²) in [6.07, 6.45) is 0.984. The molecule has 0 saturated carbocycles. The monoisotopic (exact) mass is 232 g/mol. The van der Waals surface area contributed by atoms with Crippen LogP contribution in [0.1, 0.15) is 5.56 Å². The maximum Gasteiger partial charge on any atom is 0.292 e. The third-order valence-electron chi connectivity index (χ3n) is 2.96. The SMILES string of the molecule is COc1ccc2cc(C3=CC3(F)F)ccc2c1. The molecule has 3 heteroatoms. The van der Waals surface area contributed by atoms with Crippen LogP contribution in [0.5, 0.6) is 5.75 Å². The molecule has 1 aliphatic rings. The molecular weight excluding hydrogens is 222 g/mol. The van der Waals surface area contributed by atoms with Gasteiger partial charge in [-0.25, -0.2) is 0 Å². The van der Waals surface area contributed by atoms with Gasteiger partial charge < -0.3 is 4.74 Å². The molecule has 0 atom stereocenters. The minimum Gasteiger partial charge on any atom is -0.497 e. The van der Waals surface area contributed by atoms with Crippen molar-refractivity contribution in [1.29, 1.82) is 0 Å². The Morgan fingerprint density at radius 2 is 1.65 bits per heavy atom. The molecule has 0 saturated heterocycles. The van der Waals surface area contributed by atoms with E-state index in [9.17, 15) is 8.78 Å². The molecule has 2 aromatic rings. The average molecular weight is 232 g/mol. The highest BCUT2D eigenvalue weighted by Crippen LogP contribution is 2.47. The van der Waals surface area contributed by atoms with Crippen molar-refractivity contribution in [1.82, 2.24) is 0 Å². The second-order valence-corrected chi connectivity index (χ2v) is 4.11. The van der Waals surface area contributed by atoms with Crippen LogP contribution in [0.25, 0.3) is 16.3 Å². The second-order valence-electron chi connectivity index (χ2n) is 4.11. The van der Waals surface area contributed by atoms with Crippen molar-refractivity contribution < 1.29 is 13.5 Å². The molecule has 0 amide bonds. The summed E-state index contributed by atoms with van der Waals surface area (Å²) in [7, 11) is 1.60. The summed E-state index contributed by atoms with van der Waals surface area (Å²) >= 11 is 0. The molecule has 0 fully saturated rings. The van der Waals surface area contributed by atoms with E-state index in [1.54, 1.807) is 19.2 Å². The van der Waals surface area contributed by atoms with Crippen LogP contribution in [0.2, 0.25) is 0 Å². The Labute approximate surface area is 97.3 Å². The number of methoxy groups -OCH3 is 1. The number of allylic oxidation sites excluding steroid dienone is 2. The van der Waals surface area contributed by atoms with Gasteiger partial charge in [-0.1, -0.05) is 18.2 Å². The van der Waals surface area contributed by atoms with Crippen LogP contribution in [0, 0.1) is 0 Å². The first-order valence-electron chi connectivity index (χ1n) is 5.29. The molecule has 0 radical (unpaired) electrons. The molecule has 0 heterocycles. The van der Waals surface area contributed by atoms with Crippen LogP contribution in [0.15, 0.2) is 42.5 Å². The quantitative estimate of drug-likeness (QED) is 0.763. The van der Waals surface area contributed by atoms with Gasteiger partial charge in [-0.2, -0.15) is 8.78 Å². The Balaban J connectivity index is 2.06. The predicted molar refractivity (Wildman–Crippen MR) is 63.4 cm³/mol. The molecule has 1 aliphatic carbocycles. The zero-order chi connectivity index (χ0) is 12.0. The molecule has 1 nitrogen and oxygen atoms in total. The standard InChI is InChI=1S/C14H10F2O/c1-17-12-5-4-9-6-11(3-2-10(9)7-12)13-8-14(13,15)16/h2-8H,1H3. The fourth-order valence-electron chi connectivity index (χ4n) is 1.94. The third-order valence-corrected chi connectivity index (χ3v) is 2.96. The van der Waals surface area contributed by atoms with Gasteiger partial charge >= 0.3 is 0 Å². The van der Waals surface area contributed by atoms with Gasteiger partial charge in [0, 0.05) is 5.57 Å². The lowest BCUT2D eigenvalue weighted by Crippen LogP contribution is -1.93. The van der Waals surface area contributed by atoms with Gasteiger partial charge in [0.15, 0.2) is 0 Å². The predicted octanol–water partition coefficient (Wildman–Crippen LogP) is 3.88. The Morgan fingerprint density at radius 3 is 2.29 bits per heavy atom. The van der Waals surface area contributed by atoms with Crippen molar-refractivity contribution in [2.24, 2.45) is 0 Å². The van der Waals surface area contributed by atoms with Crippen LogP contribution in [0.3, 0.4) is 0 Å². The van der Waals surface area contributed by atoms with Gasteiger partial charge in [0.25, 0.3) is 5.92 Å². The maximum absolute atomic E-state index is 12.9. The lowest BCUT2D eigenvalue weighted by Gasteiger charge is -2.04. The summed E-state index contributed by atoms with van der Waals surface area (Å²) in [4.78, 5) is 0. The van der Waals surface area contributed by atoms with E-state index in [1.165, 1.54) is 0 Å². The summed E-state index contributed by atoms with van der Waals surface area (Å²) in [6.45, 7) is 0. The largest absolute Gasteiger partial charge is 0.497 e. The van der Waals surface area contributed by atoms with Crippen molar-refractivity contribution in [3.63, 3.8) is 0 Å². The van der Waals surface area contributed by atoms with E-state index in [4.69, 9.17) is 4.74 Å². The maximum atomic E-state index is 12.9. The Bertz CT molecular complexity index is 629. The second kappa shape index (κ2) is 3.29. The normalized spacial score (nSPS) is 16.8. The van der Waals surface area contributed by atoms with E-state index >= 15 is 0 Å². The molecule has 2 aromatic carbocycles. The van der Waals surface area contributed by atoms with E-state index in [-0.39, 0.29) is 5.57 Å². The van der Waals surface area contributed by atoms with Crippen LogP contribution in [-0.4, -0.2) is 13.0 Å². The van der Waals surface area contributed by atoms with Crippen LogP contribution < -0.4 is 4.74 Å². The van der Waals surface area contributed by atoms with Gasteiger partial charge in [-0.3, -0.25) is 0 Å². The number of ether oxygens (including phenoxy) is 1. The summed E-state index contributed by atoms with van der Waals surface area (Å²) in [6, 6.07) is 10.9. The molecule has 17 heavy (non-hydrogen) atoms. The molecule has 0 spiro atoms. The van der Waals surface area contributed by atoms with Crippen LogP contribution >= 0.6 is 0 Å². The molecule has 0 bridgehead atoms. The first-order chi connectivity index (χ1) is 8.10. The third kappa shape index (κ3) is 1.68. The van der Waals surface area contributed by atoms with Crippen molar-refractivity contribution in [2.45, 2.75) is 5.92 Å². The molecule has 86 valence electrons. The Hall–Kier alpha value is -1.90. The molecule has 0 aliphatic heterocycles. The van der Waals surface area contributed by atoms with Crippen LogP contribution in [0.4, 0.5) is 8.78 Å².